The minimum absolute atomic E-state index is 0.0534. The number of benzene rings is 2. The molecule has 0 aliphatic carbocycles. The number of ether oxygens (including phenoxy) is 1. The van der Waals surface area contributed by atoms with Crippen LogP contribution in [-0.2, 0) is 15.0 Å². The summed E-state index contributed by atoms with van der Waals surface area (Å²) < 4.78 is 47.7. The zero-order chi connectivity index (χ0) is 24.2. The topological polar surface area (TPSA) is 117 Å². The van der Waals surface area contributed by atoms with Crippen molar-refractivity contribution < 1.29 is 28.0 Å². The Morgan fingerprint density at radius 2 is 2.00 bits per heavy atom. The molecule has 0 unspecified atom stereocenters. The second-order valence-corrected chi connectivity index (χ2v) is 12.1. The Bertz CT molecular complexity index is 1280. The van der Waals surface area contributed by atoms with Crippen LogP contribution in [0.3, 0.4) is 0 Å². The maximum absolute atomic E-state index is 14.5. The van der Waals surface area contributed by atoms with Gasteiger partial charge in [0, 0.05) is 28.8 Å². The Kier molecular flexibility index (Phi) is 6.75. The normalized spacial score (nSPS) is 12.5. The van der Waals surface area contributed by atoms with Gasteiger partial charge in [0.25, 0.3) is 0 Å². The number of hydrogen-bond acceptors (Lipinski definition) is 5. The van der Waals surface area contributed by atoms with E-state index in [2.05, 4.69) is 19.6 Å². The summed E-state index contributed by atoms with van der Waals surface area (Å²) in [7, 11) is -2.20. The molecule has 0 atom stereocenters. The van der Waals surface area contributed by atoms with Crippen LogP contribution in [0.4, 0.5) is 25.2 Å². The number of halogens is 2. The minimum Gasteiger partial charge on any atom is -0.496 e. The number of aromatic nitrogens is 2. The number of anilines is 2. The zero-order valence-corrected chi connectivity index (χ0v) is 19.1. The first-order chi connectivity index (χ1) is 15.5. The molecule has 0 bridgehead atoms. The highest BCUT2D eigenvalue weighted by Crippen LogP contribution is 2.32. The summed E-state index contributed by atoms with van der Waals surface area (Å²) in [5.41, 5.74) is 1.38. The molecule has 8 nitrogen and oxygen atoms in total. The van der Waals surface area contributed by atoms with Gasteiger partial charge in [0.1, 0.15) is 17.3 Å². The Labute approximate surface area is 189 Å². The first-order valence-corrected chi connectivity index (χ1v) is 12.5. The van der Waals surface area contributed by atoms with E-state index in [0.717, 1.165) is 12.3 Å². The average Bonchev–Trinajstić information content (AvgIpc) is 2.74. The predicted molar refractivity (Wildman–Crippen MR) is 124 cm³/mol. The SMILES string of the molecule is CCS(C)(O)(Cc1cccc(Nc2ncc(F)c(-c3ccc(F)cc3OC)n2)c1)=NC(=O)O. The summed E-state index contributed by atoms with van der Waals surface area (Å²) in [5.74, 6) is -0.794. The fourth-order valence-electron chi connectivity index (χ4n) is 3.20. The van der Waals surface area contributed by atoms with Gasteiger partial charge in [-0.2, -0.15) is 0 Å². The molecule has 176 valence electrons. The number of amides is 1. The molecule has 0 radical (unpaired) electrons. The smallest absolute Gasteiger partial charge is 0.437 e. The van der Waals surface area contributed by atoms with Gasteiger partial charge in [-0.3, -0.25) is 0 Å². The molecule has 0 saturated carbocycles. The van der Waals surface area contributed by atoms with E-state index in [0.29, 0.717) is 11.3 Å². The molecule has 3 aromatic rings. The minimum atomic E-state index is -3.55. The van der Waals surface area contributed by atoms with Crippen molar-refractivity contribution in [2.24, 2.45) is 4.36 Å². The van der Waals surface area contributed by atoms with Gasteiger partial charge in [0.2, 0.25) is 5.95 Å². The molecular weight excluding hydrogens is 454 g/mol. The fourth-order valence-corrected chi connectivity index (χ4v) is 5.09. The number of nitrogens with one attached hydrogen (secondary N) is 1. The molecule has 3 N–H and O–H groups in total. The monoisotopic (exact) mass is 478 g/mol. The summed E-state index contributed by atoms with van der Waals surface area (Å²) >= 11 is 0. The number of carbonyl (C=O) groups is 1. The van der Waals surface area contributed by atoms with Crippen molar-refractivity contribution in [1.29, 1.82) is 0 Å². The summed E-state index contributed by atoms with van der Waals surface area (Å²) in [6.07, 6.45) is 1.05. The molecule has 2 aromatic carbocycles. The van der Waals surface area contributed by atoms with Crippen molar-refractivity contribution in [2.45, 2.75) is 12.7 Å². The van der Waals surface area contributed by atoms with Gasteiger partial charge in [0.05, 0.1) is 13.3 Å². The van der Waals surface area contributed by atoms with Crippen LogP contribution in [0.15, 0.2) is 53.0 Å². The van der Waals surface area contributed by atoms with E-state index >= 15 is 0 Å². The number of methoxy groups -OCH3 is 1. The Balaban J connectivity index is 1.93. The van der Waals surface area contributed by atoms with Crippen molar-refractivity contribution in [2.75, 3.05) is 24.4 Å². The highest BCUT2D eigenvalue weighted by Gasteiger charge is 2.26. The van der Waals surface area contributed by atoms with Crippen LogP contribution in [0, 0.1) is 11.6 Å². The zero-order valence-electron chi connectivity index (χ0n) is 18.2. The van der Waals surface area contributed by atoms with E-state index < -0.39 is 27.0 Å². The third-order valence-electron chi connectivity index (χ3n) is 4.98. The molecule has 1 amide bonds. The number of rotatable bonds is 7. The lowest BCUT2D eigenvalue weighted by Crippen LogP contribution is -2.36. The highest BCUT2D eigenvalue weighted by molar-refractivity contribution is 8.16. The quantitative estimate of drug-likeness (QED) is 0.419. The third kappa shape index (κ3) is 5.88. The average molecular weight is 479 g/mol. The molecule has 0 fully saturated rings. The molecule has 0 saturated heterocycles. The third-order valence-corrected chi connectivity index (χ3v) is 8.24. The maximum atomic E-state index is 14.5. The molecule has 33 heavy (non-hydrogen) atoms. The number of hydrogen-bond donors (Lipinski definition) is 3. The molecule has 0 aliphatic rings. The van der Waals surface area contributed by atoms with Gasteiger partial charge in [-0.25, -0.2) is 23.5 Å². The fraction of sp³-hybridized carbons (Fsp3) is 0.227. The molecule has 11 heteroatoms. The lowest BCUT2D eigenvalue weighted by atomic mass is 10.1. The van der Waals surface area contributed by atoms with Crippen molar-refractivity contribution >= 4 is 27.0 Å². The predicted octanol–water partition coefficient (Wildman–Crippen LogP) is 5.35. The highest BCUT2D eigenvalue weighted by atomic mass is 32.3. The number of nitrogens with zero attached hydrogens (tertiary/aromatic N) is 3. The number of carboxylic acid groups (broad SMARTS) is 1. The standard InChI is InChI=1S/C22H24F2N4O4S/c1-4-33(3,31,28-22(29)30)13-14-6-5-7-16(10-14)26-21-25-12-18(24)20(27-21)17-9-8-15(23)11-19(17)32-2/h5-12H,4,13H2,1-3H3,(H,28,31)(H,29,30)(H,25,26,27). The van der Waals surface area contributed by atoms with Crippen LogP contribution in [-0.4, -0.2) is 44.8 Å². The Hall–Kier alpha value is -3.44. The van der Waals surface area contributed by atoms with Crippen LogP contribution >= 0.6 is 0 Å². The molecule has 0 spiro atoms. The summed E-state index contributed by atoms with van der Waals surface area (Å²) in [5, 5.41) is 12.0. The molecule has 1 heterocycles. The van der Waals surface area contributed by atoms with E-state index in [1.807, 2.05) is 0 Å². The van der Waals surface area contributed by atoms with Crippen LogP contribution in [0.5, 0.6) is 5.75 Å². The molecule has 3 rings (SSSR count). The van der Waals surface area contributed by atoms with Crippen LogP contribution in [0.25, 0.3) is 11.3 Å². The van der Waals surface area contributed by atoms with E-state index in [1.165, 1.54) is 25.5 Å². The van der Waals surface area contributed by atoms with Crippen molar-refractivity contribution in [3.8, 4) is 17.0 Å². The second kappa shape index (κ2) is 9.20. The molecule has 0 aliphatic heterocycles. The second-order valence-electron chi connectivity index (χ2n) is 7.61. The van der Waals surface area contributed by atoms with Gasteiger partial charge in [0.15, 0.2) is 5.82 Å². The lowest BCUT2D eigenvalue weighted by Gasteiger charge is -2.37. The first kappa shape index (κ1) is 24.2. The van der Waals surface area contributed by atoms with E-state index in [-0.39, 0.29) is 34.5 Å². The van der Waals surface area contributed by atoms with E-state index in [1.54, 1.807) is 31.2 Å². The summed E-state index contributed by atoms with van der Waals surface area (Å²) in [6, 6.07) is 10.6. The Morgan fingerprint density at radius 1 is 1.24 bits per heavy atom. The van der Waals surface area contributed by atoms with Gasteiger partial charge < -0.3 is 19.7 Å². The van der Waals surface area contributed by atoms with Crippen LogP contribution in [0.2, 0.25) is 0 Å². The first-order valence-electron chi connectivity index (χ1n) is 9.83. The van der Waals surface area contributed by atoms with Gasteiger partial charge in [-0.05, 0) is 36.1 Å². The van der Waals surface area contributed by atoms with Crippen molar-refractivity contribution in [1.82, 2.24) is 9.97 Å². The van der Waals surface area contributed by atoms with Crippen LogP contribution < -0.4 is 10.1 Å². The van der Waals surface area contributed by atoms with Gasteiger partial charge >= 0.3 is 6.09 Å². The van der Waals surface area contributed by atoms with Gasteiger partial charge in [-0.15, -0.1) is 4.36 Å². The van der Waals surface area contributed by atoms with Crippen molar-refractivity contribution in [3.05, 3.63) is 65.9 Å². The lowest BCUT2D eigenvalue weighted by molar-refractivity contribution is 0.206. The van der Waals surface area contributed by atoms with Crippen LogP contribution in [0.1, 0.15) is 12.5 Å². The molecule has 1 aromatic heterocycles. The van der Waals surface area contributed by atoms with Crippen molar-refractivity contribution in [3.63, 3.8) is 0 Å². The molecular formula is C22H24F2N4O4S. The summed E-state index contributed by atoms with van der Waals surface area (Å²) in [4.78, 5) is 19.3. The van der Waals surface area contributed by atoms with E-state index in [4.69, 9.17) is 9.84 Å². The van der Waals surface area contributed by atoms with E-state index in [9.17, 15) is 18.1 Å². The van der Waals surface area contributed by atoms with Gasteiger partial charge in [-0.1, -0.05) is 28.3 Å². The maximum Gasteiger partial charge on any atom is 0.437 e. The largest absolute Gasteiger partial charge is 0.496 e. The summed E-state index contributed by atoms with van der Waals surface area (Å²) in [6.45, 7) is 1.69. The Morgan fingerprint density at radius 3 is 2.67 bits per heavy atom.